The normalized spacial score (nSPS) is 10.4. The van der Waals surface area contributed by atoms with E-state index in [0.29, 0.717) is 15.8 Å². The number of nitro benzene ring substituents is 1. The lowest BCUT2D eigenvalue weighted by Crippen LogP contribution is -2.10. The first-order valence-electron chi connectivity index (χ1n) is 7.83. The van der Waals surface area contributed by atoms with Crippen molar-refractivity contribution >= 4 is 34.6 Å². The topological polar surface area (TPSA) is 101 Å². The number of esters is 1. The molecule has 0 saturated heterocycles. The molecule has 1 heterocycles. The minimum Gasteiger partial charge on any atom is -0.496 e. The predicted molar refractivity (Wildman–Crippen MR) is 103 cm³/mol. The molecule has 0 N–H and O–H groups in total. The summed E-state index contributed by atoms with van der Waals surface area (Å²) in [5.74, 6) is -0.107. The molecule has 10 heteroatoms. The smallest absolute Gasteiger partial charge is 0.363 e. The zero-order valence-electron chi connectivity index (χ0n) is 14.5. The molecule has 28 heavy (non-hydrogen) atoms. The van der Waals surface area contributed by atoms with Crippen molar-refractivity contribution in [3.63, 3.8) is 0 Å². The third-order valence-electron chi connectivity index (χ3n) is 3.50. The van der Waals surface area contributed by atoms with Crippen molar-refractivity contribution in [2.24, 2.45) is 0 Å². The quantitative estimate of drug-likeness (QED) is 0.240. The number of rotatable bonds is 7. The molecular formula is C18H13ClN2O6S. The van der Waals surface area contributed by atoms with E-state index in [1.165, 1.54) is 42.0 Å². The maximum absolute atomic E-state index is 12.3. The summed E-state index contributed by atoms with van der Waals surface area (Å²) in [7, 11) is 1.38. The van der Waals surface area contributed by atoms with E-state index in [0.717, 1.165) is 0 Å². The monoisotopic (exact) mass is 420 g/mol. The Labute approximate surface area is 168 Å². The number of hydrogen-bond acceptors (Lipinski definition) is 8. The molecule has 1 aromatic heterocycles. The molecule has 0 bridgehead atoms. The zero-order valence-corrected chi connectivity index (χ0v) is 16.0. The van der Waals surface area contributed by atoms with Crippen LogP contribution in [0.5, 0.6) is 17.2 Å². The fourth-order valence-corrected chi connectivity index (χ4v) is 2.95. The van der Waals surface area contributed by atoms with E-state index in [4.69, 9.17) is 25.8 Å². The predicted octanol–water partition coefficient (Wildman–Crippen LogP) is 4.51. The second-order valence-corrected chi connectivity index (χ2v) is 6.73. The number of halogens is 1. The summed E-state index contributed by atoms with van der Waals surface area (Å²) in [6, 6.07) is 10.8. The van der Waals surface area contributed by atoms with Gasteiger partial charge in [0.05, 0.1) is 18.1 Å². The number of nitrogens with zero attached hydrogens (tertiary/aromatic N) is 2. The molecule has 2 aromatic carbocycles. The number of ether oxygens (including phenoxy) is 3. The van der Waals surface area contributed by atoms with Crippen molar-refractivity contribution in [1.29, 1.82) is 0 Å². The molecule has 0 amide bonds. The lowest BCUT2D eigenvalue weighted by Gasteiger charge is -2.05. The fourth-order valence-electron chi connectivity index (χ4n) is 2.15. The van der Waals surface area contributed by atoms with Gasteiger partial charge in [-0.3, -0.25) is 10.1 Å². The first-order chi connectivity index (χ1) is 13.5. The lowest BCUT2D eigenvalue weighted by atomic mass is 10.3. The Morgan fingerprint density at radius 2 is 1.93 bits per heavy atom. The van der Waals surface area contributed by atoms with Crippen molar-refractivity contribution in [2.75, 3.05) is 7.11 Å². The third-order valence-corrected chi connectivity index (χ3v) is 4.58. The van der Waals surface area contributed by atoms with Gasteiger partial charge in [0.25, 0.3) is 0 Å². The molecule has 8 nitrogen and oxygen atoms in total. The highest BCUT2D eigenvalue weighted by molar-refractivity contribution is 7.09. The van der Waals surface area contributed by atoms with Crippen LogP contribution in [0, 0.1) is 10.1 Å². The molecule has 0 unspecified atom stereocenters. The molecular weight excluding hydrogens is 408 g/mol. The van der Waals surface area contributed by atoms with Crippen LogP contribution in [0.1, 0.15) is 15.5 Å². The largest absolute Gasteiger partial charge is 0.496 e. The highest BCUT2D eigenvalue weighted by Gasteiger charge is 2.21. The van der Waals surface area contributed by atoms with Crippen LogP contribution in [0.2, 0.25) is 5.02 Å². The van der Waals surface area contributed by atoms with Crippen LogP contribution in [0.3, 0.4) is 0 Å². The Morgan fingerprint density at radius 1 is 1.21 bits per heavy atom. The molecule has 144 valence electrons. The minimum absolute atomic E-state index is 0.0322. The Kier molecular flexibility index (Phi) is 6.07. The molecule has 0 radical (unpaired) electrons. The van der Waals surface area contributed by atoms with Crippen LogP contribution < -0.4 is 14.2 Å². The second kappa shape index (κ2) is 8.68. The summed E-state index contributed by atoms with van der Waals surface area (Å²) in [6.45, 7) is 0.155. The zero-order chi connectivity index (χ0) is 20.1. The van der Waals surface area contributed by atoms with E-state index in [1.54, 1.807) is 24.3 Å². The number of benzene rings is 2. The van der Waals surface area contributed by atoms with Crippen LogP contribution in [-0.4, -0.2) is 23.0 Å². The molecule has 0 atom stereocenters. The highest BCUT2D eigenvalue weighted by Crippen LogP contribution is 2.31. The number of methoxy groups -OCH3 is 1. The van der Waals surface area contributed by atoms with Gasteiger partial charge in [-0.25, -0.2) is 9.78 Å². The molecule has 0 saturated carbocycles. The molecule has 0 spiro atoms. The van der Waals surface area contributed by atoms with Gasteiger partial charge in [-0.05, 0) is 36.4 Å². The van der Waals surface area contributed by atoms with Crippen molar-refractivity contribution < 1.29 is 23.9 Å². The van der Waals surface area contributed by atoms with Gasteiger partial charge in [0.1, 0.15) is 23.1 Å². The summed E-state index contributed by atoms with van der Waals surface area (Å²) >= 11 is 7.03. The first-order valence-corrected chi connectivity index (χ1v) is 9.09. The van der Waals surface area contributed by atoms with E-state index >= 15 is 0 Å². The van der Waals surface area contributed by atoms with Crippen molar-refractivity contribution in [1.82, 2.24) is 4.98 Å². The molecule has 3 aromatic rings. The van der Waals surface area contributed by atoms with Gasteiger partial charge >= 0.3 is 11.7 Å². The van der Waals surface area contributed by atoms with E-state index in [2.05, 4.69) is 4.98 Å². The highest BCUT2D eigenvalue weighted by atomic mass is 35.5. The van der Waals surface area contributed by atoms with Gasteiger partial charge < -0.3 is 14.2 Å². The Hall–Kier alpha value is -3.17. The summed E-state index contributed by atoms with van der Waals surface area (Å²) in [5, 5.41) is 13.8. The summed E-state index contributed by atoms with van der Waals surface area (Å²) in [4.78, 5) is 26.9. The van der Waals surface area contributed by atoms with Crippen molar-refractivity contribution in [3.8, 4) is 17.2 Å². The minimum atomic E-state index is -0.803. The van der Waals surface area contributed by atoms with Gasteiger partial charge in [-0.1, -0.05) is 11.6 Å². The lowest BCUT2D eigenvalue weighted by molar-refractivity contribution is -0.385. The summed E-state index contributed by atoms with van der Waals surface area (Å²) < 4.78 is 15.6. The summed E-state index contributed by atoms with van der Waals surface area (Å²) in [6.07, 6.45) is 0. The molecule has 0 aliphatic carbocycles. The summed E-state index contributed by atoms with van der Waals surface area (Å²) in [5.41, 5.74) is -0.348. The number of hydrogen-bond donors (Lipinski definition) is 0. The Bertz CT molecular complexity index is 1010. The maximum Gasteiger partial charge on any atom is 0.363 e. The second-order valence-electron chi connectivity index (χ2n) is 5.35. The number of aromatic nitrogens is 1. The average Bonchev–Trinajstić information content (AvgIpc) is 3.17. The fraction of sp³-hybridized carbons (Fsp3) is 0.111. The number of thiazole rings is 1. The molecule has 0 aliphatic rings. The van der Waals surface area contributed by atoms with E-state index in [-0.39, 0.29) is 29.5 Å². The van der Waals surface area contributed by atoms with E-state index < -0.39 is 10.9 Å². The maximum atomic E-state index is 12.3. The Balaban J connectivity index is 1.67. The van der Waals surface area contributed by atoms with Gasteiger partial charge in [0, 0.05) is 10.4 Å². The van der Waals surface area contributed by atoms with Crippen LogP contribution in [0.25, 0.3) is 0 Å². The average molecular weight is 421 g/mol. The van der Waals surface area contributed by atoms with E-state index in [1.807, 2.05) is 0 Å². The van der Waals surface area contributed by atoms with Gasteiger partial charge in [-0.15, -0.1) is 11.3 Å². The molecule has 3 rings (SSSR count). The first kappa shape index (κ1) is 19.6. The SMILES string of the molecule is COc1ccc(OC(=O)c2csc(COc3ccc(Cl)cc3)n2)c([N+](=O)[O-])c1. The molecule has 0 aliphatic heterocycles. The van der Waals surface area contributed by atoms with Crippen LogP contribution in [0.15, 0.2) is 47.8 Å². The van der Waals surface area contributed by atoms with Crippen molar-refractivity contribution in [2.45, 2.75) is 6.61 Å². The standard InChI is InChI=1S/C18H13ClN2O6S/c1-25-13-6-7-16(15(8-13)21(23)24)27-18(22)14-10-28-17(20-14)9-26-12-4-2-11(19)3-5-12/h2-8,10H,9H2,1H3. The van der Waals surface area contributed by atoms with Crippen LogP contribution >= 0.6 is 22.9 Å². The van der Waals surface area contributed by atoms with Crippen LogP contribution in [-0.2, 0) is 6.61 Å². The third kappa shape index (κ3) is 4.76. The number of nitro groups is 1. The van der Waals surface area contributed by atoms with Gasteiger partial charge in [0.15, 0.2) is 5.69 Å². The Morgan fingerprint density at radius 3 is 2.61 bits per heavy atom. The van der Waals surface area contributed by atoms with Gasteiger partial charge in [-0.2, -0.15) is 0 Å². The van der Waals surface area contributed by atoms with Gasteiger partial charge in [0.2, 0.25) is 5.75 Å². The number of carbonyl (C=O) groups excluding carboxylic acids is 1. The number of carbonyl (C=O) groups is 1. The molecule has 0 fully saturated rings. The van der Waals surface area contributed by atoms with Crippen LogP contribution in [0.4, 0.5) is 5.69 Å². The van der Waals surface area contributed by atoms with Crippen molar-refractivity contribution in [3.05, 3.63) is 73.7 Å². The van der Waals surface area contributed by atoms with E-state index in [9.17, 15) is 14.9 Å².